The van der Waals surface area contributed by atoms with Crippen LogP contribution in [0.25, 0.3) is 0 Å². The van der Waals surface area contributed by atoms with Gasteiger partial charge in [0.25, 0.3) is 5.91 Å². The number of urea groups is 1. The van der Waals surface area contributed by atoms with Crippen molar-refractivity contribution in [3.8, 4) is 0 Å². The van der Waals surface area contributed by atoms with E-state index in [0.717, 1.165) is 62.6 Å². The molecule has 6 nitrogen and oxygen atoms in total. The summed E-state index contributed by atoms with van der Waals surface area (Å²) in [5, 5.41) is 3.71. The van der Waals surface area contributed by atoms with Crippen molar-refractivity contribution in [2.45, 2.75) is 38.3 Å². The average Bonchev–Trinajstić information content (AvgIpc) is 3.35. The zero-order valence-corrected chi connectivity index (χ0v) is 19.2. The molecule has 0 aromatic heterocycles. The van der Waals surface area contributed by atoms with Crippen LogP contribution in [0.15, 0.2) is 42.5 Å². The van der Waals surface area contributed by atoms with Crippen molar-refractivity contribution in [2.75, 3.05) is 32.8 Å². The van der Waals surface area contributed by atoms with Crippen LogP contribution in [0.5, 0.6) is 0 Å². The molecule has 168 valence electrons. The number of nitrogens with one attached hydrogen (secondary N) is 1. The van der Waals surface area contributed by atoms with Crippen LogP contribution in [0, 0.1) is 0 Å². The maximum atomic E-state index is 13.3. The molecule has 0 saturated carbocycles. The van der Waals surface area contributed by atoms with Crippen LogP contribution < -0.4 is 5.32 Å². The number of hydrogen-bond acceptors (Lipinski definition) is 4. The summed E-state index contributed by atoms with van der Waals surface area (Å²) in [7, 11) is 0. The van der Waals surface area contributed by atoms with Crippen LogP contribution in [-0.4, -0.2) is 59.5 Å². The van der Waals surface area contributed by atoms with Gasteiger partial charge in [-0.3, -0.25) is 14.6 Å². The minimum atomic E-state index is -0.995. The lowest BCUT2D eigenvalue weighted by Crippen LogP contribution is -2.51. The fourth-order valence-corrected chi connectivity index (χ4v) is 5.17. The normalized spacial score (nSPS) is 24.1. The van der Waals surface area contributed by atoms with Crippen LogP contribution >= 0.6 is 11.6 Å². The zero-order chi connectivity index (χ0) is 22.3. The number of benzene rings is 2. The summed E-state index contributed by atoms with van der Waals surface area (Å²) in [5.74, 6) is -0.163. The molecule has 1 atom stereocenters. The summed E-state index contributed by atoms with van der Waals surface area (Å²) in [6.07, 6.45) is 3.31. The molecule has 5 rings (SSSR count). The molecule has 1 N–H and O–H groups in total. The lowest BCUT2D eigenvalue weighted by Gasteiger charge is -2.36. The highest BCUT2D eigenvalue weighted by Crippen LogP contribution is 2.32. The van der Waals surface area contributed by atoms with E-state index in [9.17, 15) is 9.59 Å². The second kappa shape index (κ2) is 8.50. The number of hydrogen-bond donors (Lipinski definition) is 1. The molecule has 2 aromatic carbocycles. The number of fused-ring (bicyclic) bond motifs is 1. The smallest absolute Gasteiger partial charge is 0.319 e. The summed E-state index contributed by atoms with van der Waals surface area (Å²) in [6, 6.07) is 13.9. The molecule has 32 heavy (non-hydrogen) atoms. The number of halogens is 1. The number of carbonyl (C=O) groups excluding carboxylic acids is 2. The third-order valence-corrected chi connectivity index (χ3v) is 7.33. The predicted octanol–water partition coefficient (Wildman–Crippen LogP) is 3.37. The Morgan fingerprint density at radius 1 is 0.938 bits per heavy atom. The average molecular weight is 453 g/mol. The molecule has 3 amide bonds. The summed E-state index contributed by atoms with van der Waals surface area (Å²) < 4.78 is 0. The molecule has 3 aliphatic rings. The van der Waals surface area contributed by atoms with Gasteiger partial charge in [-0.2, -0.15) is 0 Å². The van der Waals surface area contributed by atoms with Crippen molar-refractivity contribution in [2.24, 2.45) is 0 Å². The first-order chi connectivity index (χ1) is 15.4. The van der Waals surface area contributed by atoms with E-state index in [0.29, 0.717) is 6.67 Å². The zero-order valence-electron chi connectivity index (χ0n) is 18.4. The van der Waals surface area contributed by atoms with Gasteiger partial charge in [-0.15, -0.1) is 0 Å². The Kier molecular flexibility index (Phi) is 5.70. The largest absolute Gasteiger partial charge is 0.326 e. The van der Waals surface area contributed by atoms with Gasteiger partial charge in [0.2, 0.25) is 0 Å². The monoisotopic (exact) mass is 452 g/mol. The highest BCUT2D eigenvalue weighted by atomic mass is 35.5. The van der Waals surface area contributed by atoms with Crippen LogP contribution in [-0.2, 0) is 29.7 Å². The molecular weight excluding hydrogens is 424 g/mol. The molecule has 7 heteroatoms. The Morgan fingerprint density at radius 2 is 1.62 bits per heavy atom. The number of piperazine rings is 1. The Labute approximate surface area is 194 Å². The Hall–Kier alpha value is -2.41. The molecule has 2 aliphatic heterocycles. The molecule has 2 aromatic rings. The molecule has 1 aliphatic carbocycles. The van der Waals surface area contributed by atoms with Gasteiger partial charge in [0, 0.05) is 37.7 Å². The van der Waals surface area contributed by atoms with Gasteiger partial charge in [0.15, 0.2) is 0 Å². The number of amides is 3. The second-order valence-electron chi connectivity index (χ2n) is 9.29. The first-order valence-electron chi connectivity index (χ1n) is 11.4. The van der Waals surface area contributed by atoms with E-state index in [4.69, 9.17) is 11.6 Å². The molecule has 0 radical (unpaired) electrons. The SMILES string of the molecule is CC1(c2ccc3c(c2)CCC3)NC(=O)N(CN2CCN(Cc3ccc(Cl)cc3)CC2)C1=O. The van der Waals surface area contributed by atoms with Crippen molar-refractivity contribution in [1.82, 2.24) is 20.0 Å². The minimum Gasteiger partial charge on any atom is -0.319 e. The fraction of sp³-hybridized carbons (Fsp3) is 0.440. The van der Waals surface area contributed by atoms with Crippen molar-refractivity contribution < 1.29 is 9.59 Å². The molecule has 0 bridgehead atoms. The van der Waals surface area contributed by atoms with Gasteiger partial charge in [0.1, 0.15) is 5.54 Å². The molecule has 0 spiro atoms. The Balaban J connectivity index is 1.20. The highest BCUT2D eigenvalue weighted by molar-refractivity contribution is 6.30. The van der Waals surface area contributed by atoms with E-state index in [2.05, 4.69) is 39.4 Å². The van der Waals surface area contributed by atoms with E-state index in [1.807, 2.05) is 25.1 Å². The van der Waals surface area contributed by atoms with Gasteiger partial charge in [-0.1, -0.05) is 41.9 Å². The lowest BCUT2D eigenvalue weighted by atomic mass is 9.90. The van der Waals surface area contributed by atoms with Crippen molar-refractivity contribution >= 4 is 23.5 Å². The fourth-order valence-electron chi connectivity index (χ4n) is 5.04. The highest BCUT2D eigenvalue weighted by Gasteiger charge is 2.49. The third-order valence-electron chi connectivity index (χ3n) is 7.08. The number of imide groups is 1. The van der Waals surface area contributed by atoms with Crippen molar-refractivity contribution in [3.63, 3.8) is 0 Å². The lowest BCUT2D eigenvalue weighted by molar-refractivity contribution is -0.132. The maximum Gasteiger partial charge on any atom is 0.326 e. The summed E-state index contributed by atoms with van der Waals surface area (Å²) in [4.78, 5) is 32.1. The summed E-state index contributed by atoms with van der Waals surface area (Å²) in [5.41, 5.74) is 3.79. The van der Waals surface area contributed by atoms with E-state index >= 15 is 0 Å². The molecule has 2 fully saturated rings. The van der Waals surface area contributed by atoms with E-state index in [-0.39, 0.29) is 11.9 Å². The molecule has 2 saturated heterocycles. The van der Waals surface area contributed by atoms with Crippen molar-refractivity contribution in [3.05, 3.63) is 69.7 Å². The van der Waals surface area contributed by atoms with Crippen LogP contribution in [0.3, 0.4) is 0 Å². The minimum absolute atomic E-state index is 0.163. The first-order valence-corrected chi connectivity index (χ1v) is 11.8. The van der Waals surface area contributed by atoms with Gasteiger partial charge in [-0.05, 0) is 60.6 Å². The van der Waals surface area contributed by atoms with E-state index in [1.165, 1.54) is 21.6 Å². The van der Waals surface area contributed by atoms with Gasteiger partial charge < -0.3 is 5.32 Å². The Bertz CT molecular complexity index is 1030. The maximum absolute atomic E-state index is 13.3. The number of carbonyl (C=O) groups is 2. The summed E-state index contributed by atoms with van der Waals surface area (Å²) in [6.45, 7) is 6.47. The molecule has 1 unspecified atom stereocenters. The molecule has 2 heterocycles. The standard InChI is InChI=1S/C25H29ClN4O2/c1-25(21-8-7-19-3-2-4-20(19)15-21)23(31)30(24(32)27-25)17-29-13-11-28(12-14-29)16-18-5-9-22(26)10-6-18/h5-10,15H,2-4,11-14,16-17H2,1H3,(H,27,32). The molecular formula is C25H29ClN4O2. The Morgan fingerprint density at radius 3 is 2.38 bits per heavy atom. The van der Waals surface area contributed by atoms with E-state index < -0.39 is 5.54 Å². The van der Waals surface area contributed by atoms with Crippen LogP contribution in [0.2, 0.25) is 5.02 Å². The van der Waals surface area contributed by atoms with Gasteiger partial charge in [-0.25, -0.2) is 9.69 Å². The van der Waals surface area contributed by atoms with E-state index in [1.54, 1.807) is 0 Å². The van der Waals surface area contributed by atoms with Crippen LogP contribution in [0.4, 0.5) is 4.79 Å². The second-order valence-corrected chi connectivity index (χ2v) is 9.72. The van der Waals surface area contributed by atoms with Crippen molar-refractivity contribution in [1.29, 1.82) is 0 Å². The quantitative estimate of drug-likeness (QED) is 0.707. The predicted molar refractivity (Wildman–Crippen MR) is 124 cm³/mol. The summed E-state index contributed by atoms with van der Waals surface area (Å²) >= 11 is 5.98. The van der Waals surface area contributed by atoms with Gasteiger partial charge in [0.05, 0.1) is 6.67 Å². The number of nitrogens with zero attached hydrogens (tertiary/aromatic N) is 3. The number of aryl methyl sites for hydroxylation is 2. The topological polar surface area (TPSA) is 55.9 Å². The van der Waals surface area contributed by atoms with Crippen LogP contribution in [0.1, 0.15) is 35.6 Å². The third kappa shape index (κ3) is 4.03. The first kappa shape index (κ1) is 21.4. The number of rotatable bonds is 5. The van der Waals surface area contributed by atoms with Gasteiger partial charge >= 0.3 is 6.03 Å².